The van der Waals surface area contributed by atoms with Crippen LogP contribution in [0.4, 0.5) is 17.1 Å². The van der Waals surface area contributed by atoms with E-state index in [2.05, 4.69) is 254 Å². The van der Waals surface area contributed by atoms with E-state index in [0.717, 1.165) is 28.9 Å². The summed E-state index contributed by atoms with van der Waals surface area (Å²) in [4.78, 5) is 2.45. The first-order chi connectivity index (χ1) is 33.2. The lowest BCUT2D eigenvalue weighted by Gasteiger charge is -2.61. The van der Waals surface area contributed by atoms with Crippen molar-refractivity contribution in [2.75, 3.05) is 4.90 Å². The number of fused-ring (bicyclic) bond motifs is 7. The molecule has 1 spiro atoms. The number of nitrogens with zero attached hydrogens (tertiary/aromatic N) is 1. The minimum Gasteiger partial charge on any atom is -0.310 e. The fourth-order valence-electron chi connectivity index (χ4n) is 12.0. The zero-order chi connectivity index (χ0) is 44.3. The maximum absolute atomic E-state index is 2.54. The molecule has 1 heteroatoms. The van der Waals surface area contributed by atoms with E-state index in [9.17, 15) is 0 Å². The molecular formula is C66H49N. The molecule has 67 heavy (non-hydrogen) atoms. The highest BCUT2D eigenvalue weighted by molar-refractivity contribution is 5.97. The summed E-state index contributed by atoms with van der Waals surface area (Å²) in [6, 6.07) is 91.9. The second-order valence-electron chi connectivity index (χ2n) is 18.8. The summed E-state index contributed by atoms with van der Waals surface area (Å²) in [5.74, 6) is 1.66. The molecule has 318 valence electrons. The van der Waals surface area contributed by atoms with Crippen LogP contribution in [0, 0.1) is 11.8 Å². The van der Waals surface area contributed by atoms with Crippen molar-refractivity contribution in [3.8, 4) is 77.9 Å². The Hall–Kier alpha value is -8.00. The van der Waals surface area contributed by atoms with E-state index in [1.807, 2.05) is 0 Å². The average molecular weight is 856 g/mol. The Morgan fingerprint density at radius 1 is 0.299 bits per heavy atom. The average Bonchev–Trinajstić information content (AvgIpc) is 3.69. The van der Waals surface area contributed by atoms with Crippen LogP contribution in [-0.2, 0) is 5.41 Å². The molecule has 3 unspecified atom stereocenters. The van der Waals surface area contributed by atoms with Gasteiger partial charge < -0.3 is 4.90 Å². The van der Waals surface area contributed by atoms with Crippen LogP contribution in [0.25, 0.3) is 77.9 Å². The maximum atomic E-state index is 2.54. The highest BCUT2D eigenvalue weighted by atomic mass is 15.1. The van der Waals surface area contributed by atoms with Crippen molar-refractivity contribution in [3.63, 3.8) is 0 Å². The third kappa shape index (κ3) is 6.52. The lowest BCUT2D eigenvalue weighted by Crippen LogP contribution is -2.56. The van der Waals surface area contributed by atoms with Crippen LogP contribution in [0.1, 0.15) is 30.4 Å². The Labute approximate surface area is 394 Å². The van der Waals surface area contributed by atoms with Gasteiger partial charge in [0.25, 0.3) is 0 Å². The van der Waals surface area contributed by atoms with Gasteiger partial charge in [-0.15, -0.1) is 0 Å². The van der Waals surface area contributed by atoms with Gasteiger partial charge in [0, 0.05) is 22.4 Å². The van der Waals surface area contributed by atoms with Crippen LogP contribution >= 0.6 is 0 Å². The van der Waals surface area contributed by atoms with Gasteiger partial charge in [0.15, 0.2) is 0 Å². The van der Waals surface area contributed by atoms with Crippen LogP contribution in [0.15, 0.2) is 249 Å². The SMILES string of the molecule is c1ccc(-c2ccc(-c3ccc(N(c4ccc(-c5ccc6c(c5)C5(CC7CCC75)c5ccccc5-6)cc4)c4ccccc4-c4ccccc4-c4ccccc4-c4ccccc4)cc3)cc2)cc1. The molecule has 2 fully saturated rings. The molecule has 0 radical (unpaired) electrons. The summed E-state index contributed by atoms with van der Waals surface area (Å²) in [6.45, 7) is 0. The van der Waals surface area contributed by atoms with Crippen LogP contribution in [0.2, 0.25) is 0 Å². The molecule has 10 aromatic rings. The van der Waals surface area contributed by atoms with E-state index >= 15 is 0 Å². The molecule has 2 saturated carbocycles. The van der Waals surface area contributed by atoms with E-state index in [-0.39, 0.29) is 5.41 Å². The van der Waals surface area contributed by atoms with Crippen molar-refractivity contribution in [2.45, 2.75) is 24.7 Å². The zero-order valence-electron chi connectivity index (χ0n) is 37.4. The van der Waals surface area contributed by atoms with E-state index in [1.165, 1.54) is 97.2 Å². The van der Waals surface area contributed by atoms with Gasteiger partial charge in [0.05, 0.1) is 5.69 Å². The Balaban J connectivity index is 0.911. The third-order valence-electron chi connectivity index (χ3n) is 15.4. The van der Waals surface area contributed by atoms with Crippen molar-refractivity contribution >= 4 is 17.1 Å². The monoisotopic (exact) mass is 855 g/mol. The quantitative estimate of drug-likeness (QED) is 0.140. The fraction of sp³-hybridized carbons (Fsp3) is 0.0909. The summed E-state index contributed by atoms with van der Waals surface area (Å²) in [6.07, 6.45) is 4.03. The van der Waals surface area contributed by atoms with Gasteiger partial charge in [-0.05, 0) is 151 Å². The van der Waals surface area contributed by atoms with Gasteiger partial charge in [0.1, 0.15) is 0 Å². The van der Waals surface area contributed by atoms with Crippen molar-refractivity contribution < 1.29 is 0 Å². The first-order valence-corrected chi connectivity index (χ1v) is 24.0. The molecule has 0 amide bonds. The minimum atomic E-state index is 0.180. The van der Waals surface area contributed by atoms with Crippen LogP contribution in [0.5, 0.6) is 0 Å². The van der Waals surface area contributed by atoms with Crippen LogP contribution in [0.3, 0.4) is 0 Å². The first kappa shape index (κ1) is 39.4. The molecule has 13 rings (SSSR count). The van der Waals surface area contributed by atoms with E-state index in [1.54, 1.807) is 11.1 Å². The molecule has 0 aliphatic heterocycles. The van der Waals surface area contributed by atoms with Crippen molar-refractivity contribution in [2.24, 2.45) is 11.8 Å². The standard InChI is InChI=1S/C66H49N/c1-3-15-45(16-4-1)46-27-29-47(30-28-46)48-31-37-53(38-32-48)67(65-26-14-12-24-61(65)58-22-10-9-21-57(58)56-20-8-7-19-55(56)50-17-5-2-6-18-50)54-39-33-49(34-40-54)51-35-41-60-59-23-11-13-25-63(59)66(64(60)43-51)44-52-36-42-62(52)66/h1-35,37-41,43,52,62H,36,42,44H2. The smallest absolute Gasteiger partial charge is 0.0540 e. The summed E-state index contributed by atoms with van der Waals surface area (Å²) in [5.41, 5.74) is 24.1. The van der Waals surface area contributed by atoms with Gasteiger partial charge in [0.2, 0.25) is 0 Å². The maximum Gasteiger partial charge on any atom is 0.0540 e. The Bertz CT molecular complexity index is 3420. The van der Waals surface area contributed by atoms with Crippen molar-refractivity contribution in [1.29, 1.82) is 0 Å². The number of para-hydroxylation sites is 1. The largest absolute Gasteiger partial charge is 0.310 e. The lowest BCUT2D eigenvalue weighted by atomic mass is 9.42. The molecule has 10 aromatic carbocycles. The van der Waals surface area contributed by atoms with Crippen molar-refractivity contribution in [1.82, 2.24) is 0 Å². The molecule has 0 saturated heterocycles. The van der Waals surface area contributed by atoms with Gasteiger partial charge >= 0.3 is 0 Å². The molecule has 0 bridgehead atoms. The number of anilines is 3. The van der Waals surface area contributed by atoms with Gasteiger partial charge in [-0.1, -0.05) is 212 Å². The molecular weight excluding hydrogens is 807 g/mol. The predicted octanol–water partition coefficient (Wildman–Crippen LogP) is 17.9. The highest BCUT2D eigenvalue weighted by Crippen LogP contribution is 2.70. The van der Waals surface area contributed by atoms with E-state index < -0.39 is 0 Å². The second-order valence-corrected chi connectivity index (χ2v) is 18.8. The van der Waals surface area contributed by atoms with Crippen LogP contribution < -0.4 is 4.90 Å². The van der Waals surface area contributed by atoms with E-state index in [0.29, 0.717) is 0 Å². The predicted molar refractivity (Wildman–Crippen MR) is 281 cm³/mol. The number of hydrogen-bond acceptors (Lipinski definition) is 1. The Kier molecular flexibility index (Phi) is 9.49. The first-order valence-electron chi connectivity index (χ1n) is 24.0. The third-order valence-corrected chi connectivity index (χ3v) is 15.4. The molecule has 3 aliphatic rings. The molecule has 0 heterocycles. The normalized spacial score (nSPS) is 17.4. The molecule has 1 nitrogen and oxygen atoms in total. The summed E-state index contributed by atoms with van der Waals surface area (Å²) >= 11 is 0. The summed E-state index contributed by atoms with van der Waals surface area (Å²) in [7, 11) is 0. The number of benzene rings is 10. The summed E-state index contributed by atoms with van der Waals surface area (Å²) < 4.78 is 0. The minimum absolute atomic E-state index is 0.180. The topological polar surface area (TPSA) is 3.24 Å². The Morgan fingerprint density at radius 3 is 1.28 bits per heavy atom. The summed E-state index contributed by atoms with van der Waals surface area (Å²) in [5, 5.41) is 0. The molecule has 0 N–H and O–H groups in total. The van der Waals surface area contributed by atoms with Gasteiger partial charge in [-0.3, -0.25) is 0 Å². The van der Waals surface area contributed by atoms with Gasteiger partial charge in [-0.25, -0.2) is 0 Å². The van der Waals surface area contributed by atoms with Crippen LogP contribution in [-0.4, -0.2) is 0 Å². The Morgan fingerprint density at radius 2 is 0.716 bits per heavy atom. The van der Waals surface area contributed by atoms with Gasteiger partial charge in [-0.2, -0.15) is 0 Å². The second kappa shape index (κ2) is 16.2. The number of hydrogen-bond donors (Lipinski definition) is 0. The number of rotatable bonds is 9. The van der Waals surface area contributed by atoms with Crippen molar-refractivity contribution in [3.05, 3.63) is 260 Å². The highest BCUT2D eigenvalue weighted by Gasteiger charge is 2.62. The molecule has 0 aromatic heterocycles. The lowest BCUT2D eigenvalue weighted by molar-refractivity contribution is -0.0296. The van der Waals surface area contributed by atoms with E-state index in [4.69, 9.17) is 0 Å². The molecule has 3 aliphatic carbocycles. The zero-order valence-corrected chi connectivity index (χ0v) is 37.4. The molecule has 3 atom stereocenters. The fourth-order valence-corrected chi connectivity index (χ4v) is 12.0.